The van der Waals surface area contributed by atoms with Crippen LogP contribution < -0.4 is 5.73 Å². The molecule has 0 aromatic heterocycles. The van der Waals surface area contributed by atoms with Crippen molar-refractivity contribution >= 4 is 10.0 Å². The molecule has 5 heteroatoms. The Morgan fingerprint density at radius 3 is 2.21 bits per heavy atom. The summed E-state index contributed by atoms with van der Waals surface area (Å²) in [7, 11) is -3.40. The minimum atomic E-state index is -3.40. The second-order valence-corrected chi connectivity index (χ2v) is 6.63. The molecule has 0 unspecified atom stereocenters. The van der Waals surface area contributed by atoms with Crippen LogP contribution in [0.25, 0.3) is 0 Å². The van der Waals surface area contributed by atoms with Crippen molar-refractivity contribution in [3.63, 3.8) is 0 Å². The number of aryl methyl sites for hydroxylation is 1. The summed E-state index contributed by atoms with van der Waals surface area (Å²) in [6, 6.07) is 5.19. The average molecular weight is 284 g/mol. The van der Waals surface area contributed by atoms with Gasteiger partial charge in [-0.05, 0) is 43.0 Å². The van der Waals surface area contributed by atoms with Crippen molar-refractivity contribution in [1.29, 1.82) is 0 Å². The van der Waals surface area contributed by atoms with Crippen LogP contribution in [-0.4, -0.2) is 25.8 Å². The van der Waals surface area contributed by atoms with Crippen molar-refractivity contribution in [3.05, 3.63) is 29.3 Å². The third-order valence-corrected chi connectivity index (χ3v) is 5.02. The summed E-state index contributed by atoms with van der Waals surface area (Å²) < 4.78 is 26.7. The maximum Gasteiger partial charge on any atom is 0.243 e. The highest BCUT2D eigenvalue weighted by Gasteiger charge is 2.23. The second-order valence-electron chi connectivity index (χ2n) is 4.70. The number of nitrogens with two attached hydrogens (primary N) is 1. The van der Waals surface area contributed by atoms with Gasteiger partial charge < -0.3 is 5.73 Å². The Morgan fingerprint density at radius 1 is 1.16 bits per heavy atom. The molecule has 0 saturated heterocycles. The van der Waals surface area contributed by atoms with Gasteiger partial charge in [0.15, 0.2) is 0 Å². The maximum absolute atomic E-state index is 12.6. The molecule has 1 aromatic carbocycles. The maximum atomic E-state index is 12.6. The average Bonchev–Trinajstić information content (AvgIpc) is 2.38. The van der Waals surface area contributed by atoms with Crippen molar-refractivity contribution in [2.75, 3.05) is 13.1 Å². The standard InChI is InChI=1S/C14H24N2O2S/c1-4-8-16(9-5-2)19(17,18)14-7-6-12(3)13(10-14)11-15/h6-7,10H,4-5,8-9,11,15H2,1-3H3. The Hall–Kier alpha value is -0.910. The van der Waals surface area contributed by atoms with E-state index in [4.69, 9.17) is 5.73 Å². The van der Waals surface area contributed by atoms with Crippen LogP contribution in [0.5, 0.6) is 0 Å². The predicted molar refractivity (Wildman–Crippen MR) is 78.4 cm³/mol. The Morgan fingerprint density at radius 2 is 1.74 bits per heavy atom. The number of hydrogen-bond donors (Lipinski definition) is 1. The van der Waals surface area contributed by atoms with Gasteiger partial charge in [0.2, 0.25) is 10.0 Å². The SMILES string of the molecule is CCCN(CCC)S(=O)(=O)c1ccc(C)c(CN)c1. The monoisotopic (exact) mass is 284 g/mol. The van der Waals surface area contributed by atoms with Gasteiger partial charge in [0.25, 0.3) is 0 Å². The molecule has 0 atom stereocenters. The minimum absolute atomic E-state index is 0.348. The fraction of sp³-hybridized carbons (Fsp3) is 0.571. The fourth-order valence-corrected chi connectivity index (χ4v) is 3.70. The second kappa shape index (κ2) is 7.03. The van der Waals surface area contributed by atoms with E-state index in [9.17, 15) is 8.42 Å². The van der Waals surface area contributed by atoms with E-state index in [0.29, 0.717) is 24.5 Å². The van der Waals surface area contributed by atoms with E-state index >= 15 is 0 Å². The van der Waals surface area contributed by atoms with E-state index in [1.54, 1.807) is 16.4 Å². The van der Waals surface area contributed by atoms with E-state index in [0.717, 1.165) is 24.0 Å². The Bertz CT molecular complexity index is 506. The molecule has 0 radical (unpaired) electrons. The highest BCUT2D eigenvalue weighted by Crippen LogP contribution is 2.20. The first kappa shape index (κ1) is 16.1. The molecular formula is C14H24N2O2S. The molecule has 0 fully saturated rings. The van der Waals surface area contributed by atoms with Crippen molar-refractivity contribution in [2.24, 2.45) is 5.73 Å². The Kier molecular flexibility index (Phi) is 5.97. The lowest BCUT2D eigenvalue weighted by atomic mass is 10.1. The van der Waals surface area contributed by atoms with E-state index in [1.165, 1.54) is 0 Å². The van der Waals surface area contributed by atoms with Crippen LogP contribution in [0, 0.1) is 6.92 Å². The quantitative estimate of drug-likeness (QED) is 0.835. The summed E-state index contributed by atoms with van der Waals surface area (Å²) in [5.41, 5.74) is 7.56. The molecule has 1 aromatic rings. The molecule has 0 bridgehead atoms. The molecule has 19 heavy (non-hydrogen) atoms. The summed E-state index contributed by atoms with van der Waals surface area (Å²) in [4.78, 5) is 0.348. The van der Waals surface area contributed by atoms with Crippen LogP contribution in [0.2, 0.25) is 0 Å². The first-order valence-electron chi connectivity index (χ1n) is 6.77. The van der Waals surface area contributed by atoms with Gasteiger partial charge >= 0.3 is 0 Å². The molecule has 0 spiro atoms. The summed E-state index contributed by atoms with van der Waals surface area (Å²) in [6.45, 7) is 7.38. The molecule has 0 heterocycles. The predicted octanol–water partition coefficient (Wildman–Crippen LogP) is 2.26. The van der Waals surface area contributed by atoms with E-state index in [-0.39, 0.29) is 0 Å². The number of sulfonamides is 1. The van der Waals surface area contributed by atoms with Crippen LogP contribution in [0.1, 0.15) is 37.8 Å². The Labute approximate surface area is 116 Å². The Balaban J connectivity index is 3.17. The van der Waals surface area contributed by atoms with Gasteiger partial charge in [-0.25, -0.2) is 8.42 Å². The summed E-state index contributed by atoms with van der Waals surface area (Å²) in [5.74, 6) is 0. The lowest BCUT2D eigenvalue weighted by Crippen LogP contribution is -2.32. The van der Waals surface area contributed by atoms with Gasteiger partial charge in [0.1, 0.15) is 0 Å². The molecule has 0 amide bonds. The molecule has 0 aliphatic carbocycles. The topological polar surface area (TPSA) is 63.4 Å². The molecule has 0 aliphatic heterocycles. The third kappa shape index (κ3) is 3.78. The normalized spacial score (nSPS) is 12.1. The largest absolute Gasteiger partial charge is 0.326 e. The van der Waals surface area contributed by atoms with Gasteiger partial charge in [-0.1, -0.05) is 19.9 Å². The van der Waals surface area contributed by atoms with Gasteiger partial charge in [0.05, 0.1) is 4.90 Å². The first-order valence-corrected chi connectivity index (χ1v) is 8.21. The highest BCUT2D eigenvalue weighted by atomic mass is 32.2. The zero-order valence-corrected chi connectivity index (χ0v) is 12.8. The smallest absolute Gasteiger partial charge is 0.243 e. The number of nitrogens with zero attached hydrogens (tertiary/aromatic N) is 1. The van der Waals surface area contributed by atoms with Crippen molar-refractivity contribution in [2.45, 2.75) is 45.1 Å². The molecule has 4 nitrogen and oxygen atoms in total. The number of rotatable bonds is 7. The zero-order valence-electron chi connectivity index (χ0n) is 12.0. The molecular weight excluding hydrogens is 260 g/mol. The number of hydrogen-bond acceptors (Lipinski definition) is 3. The van der Waals surface area contributed by atoms with E-state index < -0.39 is 10.0 Å². The fourth-order valence-electron chi connectivity index (χ4n) is 2.03. The van der Waals surface area contributed by atoms with Crippen LogP contribution in [-0.2, 0) is 16.6 Å². The summed E-state index contributed by atoms with van der Waals surface area (Å²) in [5, 5.41) is 0. The van der Waals surface area contributed by atoms with Gasteiger partial charge in [0, 0.05) is 19.6 Å². The number of benzene rings is 1. The van der Waals surface area contributed by atoms with E-state index in [1.807, 2.05) is 26.8 Å². The van der Waals surface area contributed by atoms with Gasteiger partial charge in [-0.2, -0.15) is 4.31 Å². The third-order valence-electron chi connectivity index (χ3n) is 3.12. The summed E-state index contributed by atoms with van der Waals surface area (Å²) >= 11 is 0. The van der Waals surface area contributed by atoms with E-state index in [2.05, 4.69) is 0 Å². The van der Waals surface area contributed by atoms with Crippen LogP contribution in [0.3, 0.4) is 0 Å². The van der Waals surface area contributed by atoms with Crippen LogP contribution in [0.15, 0.2) is 23.1 Å². The van der Waals surface area contributed by atoms with Crippen molar-refractivity contribution in [1.82, 2.24) is 4.31 Å². The highest BCUT2D eigenvalue weighted by molar-refractivity contribution is 7.89. The molecule has 108 valence electrons. The lowest BCUT2D eigenvalue weighted by Gasteiger charge is -2.21. The van der Waals surface area contributed by atoms with Crippen molar-refractivity contribution in [3.8, 4) is 0 Å². The first-order chi connectivity index (χ1) is 8.97. The van der Waals surface area contributed by atoms with Crippen LogP contribution in [0.4, 0.5) is 0 Å². The van der Waals surface area contributed by atoms with Crippen molar-refractivity contribution < 1.29 is 8.42 Å². The lowest BCUT2D eigenvalue weighted by molar-refractivity contribution is 0.410. The van der Waals surface area contributed by atoms with Gasteiger partial charge in [-0.15, -0.1) is 0 Å². The van der Waals surface area contributed by atoms with Crippen LogP contribution >= 0.6 is 0 Å². The molecule has 0 saturated carbocycles. The summed E-state index contributed by atoms with van der Waals surface area (Å²) in [6.07, 6.45) is 1.63. The van der Waals surface area contributed by atoms with Gasteiger partial charge in [-0.3, -0.25) is 0 Å². The molecule has 2 N–H and O–H groups in total. The molecule has 0 aliphatic rings. The zero-order chi connectivity index (χ0) is 14.5. The molecule has 1 rings (SSSR count). The minimum Gasteiger partial charge on any atom is -0.326 e.